The molecule has 17 heavy (non-hydrogen) atoms. The van der Waals surface area contributed by atoms with Crippen molar-refractivity contribution in [3.63, 3.8) is 0 Å². The number of rotatable bonds is 4. The Bertz CT molecular complexity index is 430. The van der Waals surface area contributed by atoms with Gasteiger partial charge in [0.1, 0.15) is 5.82 Å². The lowest BCUT2D eigenvalue weighted by Crippen LogP contribution is -2.31. The van der Waals surface area contributed by atoms with E-state index < -0.39 is 23.7 Å². The van der Waals surface area contributed by atoms with E-state index in [0.717, 1.165) is 25.0 Å². The molecule has 0 heterocycles. The summed E-state index contributed by atoms with van der Waals surface area (Å²) in [5.41, 5.74) is 0. The van der Waals surface area contributed by atoms with E-state index in [-0.39, 0.29) is 11.7 Å². The predicted molar refractivity (Wildman–Crippen MR) is 55.5 cm³/mol. The summed E-state index contributed by atoms with van der Waals surface area (Å²) in [6.07, 6.45) is 0.894. The van der Waals surface area contributed by atoms with Crippen molar-refractivity contribution in [1.82, 2.24) is 0 Å². The van der Waals surface area contributed by atoms with Crippen LogP contribution in [0.15, 0.2) is 18.2 Å². The van der Waals surface area contributed by atoms with Gasteiger partial charge in [0.05, 0.1) is 7.11 Å². The Balaban J connectivity index is 2.14. The zero-order valence-electron chi connectivity index (χ0n) is 9.28. The first-order valence-electron chi connectivity index (χ1n) is 5.31. The van der Waals surface area contributed by atoms with E-state index in [9.17, 15) is 13.6 Å². The number of carbonyl (C=O) groups excluding carboxylic acids is 1. The van der Waals surface area contributed by atoms with Gasteiger partial charge in [0.15, 0.2) is 17.7 Å². The van der Waals surface area contributed by atoms with E-state index in [1.807, 2.05) is 0 Å². The Morgan fingerprint density at radius 3 is 2.65 bits per heavy atom. The number of hydrogen-bond donors (Lipinski definition) is 0. The van der Waals surface area contributed by atoms with Crippen LogP contribution in [0.5, 0.6) is 5.75 Å². The third kappa shape index (κ3) is 2.72. The predicted octanol–water partition coefficient (Wildman–Crippen LogP) is 2.30. The average Bonchev–Trinajstić information content (AvgIpc) is 3.11. The van der Waals surface area contributed by atoms with Crippen LogP contribution in [-0.4, -0.2) is 19.2 Å². The molecule has 0 N–H and O–H groups in total. The van der Waals surface area contributed by atoms with Crippen LogP contribution in [0.2, 0.25) is 0 Å². The molecule has 1 saturated carbocycles. The van der Waals surface area contributed by atoms with Crippen molar-refractivity contribution in [2.24, 2.45) is 5.92 Å². The van der Waals surface area contributed by atoms with Gasteiger partial charge in [0.25, 0.3) is 0 Å². The van der Waals surface area contributed by atoms with E-state index in [1.165, 1.54) is 13.2 Å². The van der Waals surface area contributed by atoms with Crippen molar-refractivity contribution in [1.29, 1.82) is 0 Å². The summed E-state index contributed by atoms with van der Waals surface area (Å²) < 4.78 is 35.9. The fourth-order valence-corrected chi connectivity index (χ4v) is 1.56. The molecular weight excluding hydrogens is 230 g/mol. The largest absolute Gasteiger partial charge is 0.475 e. The van der Waals surface area contributed by atoms with Gasteiger partial charge >= 0.3 is 5.97 Å². The molecule has 0 bridgehead atoms. The molecule has 5 heteroatoms. The van der Waals surface area contributed by atoms with Gasteiger partial charge in [-0.15, -0.1) is 0 Å². The minimum Gasteiger partial charge on any atom is -0.475 e. The Morgan fingerprint density at radius 1 is 1.41 bits per heavy atom. The molecule has 1 aromatic rings. The highest BCUT2D eigenvalue weighted by Crippen LogP contribution is 2.36. The molecule has 3 nitrogen and oxygen atoms in total. The Hall–Kier alpha value is -1.65. The van der Waals surface area contributed by atoms with Crippen LogP contribution in [0.4, 0.5) is 8.78 Å². The lowest BCUT2D eigenvalue weighted by Gasteiger charge is -2.16. The number of methoxy groups -OCH3 is 1. The highest BCUT2D eigenvalue weighted by Gasteiger charge is 2.39. The molecule has 0 aromatic heterocycles. The monoisotopic (exact) mass is 242 g/mol. The second kappa shape index (κ2) is 4.69. The number of esters is 1. The van der Waals surface area contributed by atoms with Crippen LogP contribution in [0, 0.1) is 17.6 Å². The second-order valence-electron chi connectivity index (χ2n) is 3.97. The van der Waals surface area contributed by atoms with Gasteiger partial charge in [-0.2, -0.15) is 0 Å². The minimum atomic E-state index is -0.820. The van der Waals surface area contributed by atoms with Crippen molar-refractivity contribution in [2.45, 2.75) is 18.9 Å². The third-order valence-corrected chi connectivity index (χ3v) is 2.63. The first kappa shape index (κ1) is 11.8. The molecule has 1 unspecified atom stereocenters. The molecule has 0 amide bonds. The number of halogens is 2. The summed E-state index contributed by atoms with van der Waals surface area (Å²) in [7, 11) is 1.25. The molecule has 0 aliphatic heterocycles. The normalized spacial score (nSPS) is 16.4. The minimum absolute atomic E-state index is 0.0619. The molecule has 2 rings (SSSR count). The van der Waals surface area contributed by atoms with Crippen molar-refractivity contribution in [3.05, 3.63) is 29.8 Å². The van der Waals surface area contributed by atoms with Crippen LogP contribution in [0.3, 0.4) is 0 Å². The van der Waals surface area contributed by atoms with Gasteiger partial charge in [-0.3, -0.25) is 0 Å². The fraction of sp³-hybridized carbons (Fsp3) is 0.417. The smallest absolute Gasteiger partial charge is 0.347 e. The number of hydrogen-bond acceptors (Lipinski definition) is 3. The quantitative estimate of drug-likeness (QED) is 0.760. The molecule has 1 aliphatic carbocycles. The molecular formula is C12H12F2O3. The number of ether oxygens (including phenoxy) is 2. The Morgan fingerprint density at radius 2 is 2.12 bits per heavy atom. The van der Waals surface area contributed by atoms with Crippen LogP contribution in [0.25, 0.3) is 0 Å². The third-order valence-electron chi connectivity index (χ3n) is 2.63. The fourth-order valence-electron chi connectivity index (χ4n) is 1.56. The Kier molecular flexibility index (Phi) is 3.26. The van der Waals surface area contributed by atoms with Gasteiger partial charge in [0, 0.05) is 12.0 Å². The van der Waals surface area contributed by atoms with Crippen molar-refractivity contribution < 1.29 is 23.0 Å². The summed E-state index contributed by atoms with van der Waals surface area (Å²) in [4.78, 5) is 11.4. The summed E-state index contributed by atoms with van der Waals surface area (Å²) in [5, 5.41) is 0. The zero-order valence-corrected chi connectivity index (χ0v) is 9.28. The lowest BCUT2D eigenvalue weighted by molar-refractivity contribution is -0.149. The Labute approximate surface area is 97.3 Å². The van der Waals surface area contributed by atoms with E-state index >= 15 is 0 Å². The van der Waals surface area contributed by atoms with Gasteiger partial charge in [-0.1, -0.05) is 0 Å². The van der Waals surface area contributed by atoms with Crippen LogP contribution in [0.1, 0.15) is 12.8 Å². The average molecular weight is 242 g/mol. The summed E-state index contributed by atoms with van der Waals surface area (Å²) >= 11 is 0. The van der Waals surface area contributed by atoms with E-state index in [0.29, 0.717) is 0 Å². The topological polar surface area (TPSA) is 35.5 Å². The van der Waals surface area contributed by atoms with Crippen LogP contribution < -0.4 is 4.74 Å². The molecule has 1 aliphatic rings. The van der Waals surface area contributed by atoms with Gasteiger partial charge in [-0.05, 0) is 25.0 Å². The molecule has 0 saturated heterocycles. The summed E-state index contributed by atoms with van der Waals surface area (Å²) in [6, 6.07) is 2.97. The van der Waals surface area contributed by atoms with Gasteiger partial charge in [-0.25, -0.2) is 13.6 Å². The number of benzene rings is 1. The lowest BCUT2D eigenvalue weighted by atomic mass is 10.2. The molecule has 0 radical (unpaired) electrons. The standard InChI is InChI=1S/C12H12F2O3/c1-16-12(15)11(7-2-3-7)17-10-5-4-8(13)6-9(10)14/h4-7,11H,2-3H2,1H3. The van der Waals surface area contributed by atoms with E-state index in [2.05, 4.69) is 4.74 Å². The first-order valence-corrected chi connectivity index (χ1v) is 5.31. The van der Waals surface area contributed by atoms with E-state index in [1.54, 1.807) is 0 Å². The van der Waals surface area contributed by atoms with Crippen molar-refractivity contribution >= 4 is 5.97 Å². The molecule has 1 atom stereocenters. The van der Waals surface area contributed by atoms with Crippen LogP contribution in [-0.2, 0) is 9.53 Å². The van der Waals surface area contributed by atoms with Crippen molar-refractivity contribution in [3.8, 4) is 5.75 Å². The first-order chi connectivity index (χ1) is 8.11. The number of carbonyl (C=O) groups is 1. The highest BCUT2D eigenvalue weighted by molar-refractivity contribution is 5.75. The molecule has 1 aromatic carbocycles. The zero-order chi connectivity index (χ0) is 12.4. The molecule has 1 fully saturated rings. The molecule has 0 spiro atoms. The molecule has 92 valence electrons. The van der Waals surface area contributed by atoms with Crippen LogP contribution >= 0.6 is 0 Å². The summed E-state index contributed by atoms with van der Waals surface area (Å²) in [6.45, 7) is 0. The van der Waals surface area contributed by atoms with E-state index in [4.69, 9.17) is 4.74 Å². The van der Waals surface area contributed by atoms with Crippen molar-refractivity contribution in [2.75, 3.05) is 7.11 Å². The second-order valence-corrected chi connectivity index (χ2v) is 3.97. The van der Waals surface area contributed by atoms with Gasteiger partial charge < -0.3 is 9.47 Å². The highest BCUT2D eigenvalue weighted by atomic mass is 19.1. The SMILES string of the molecule is COC(=O)C(Oc1ccc(F)cc1F)C1CC1. The maximum Gasteiger partial charge on any atom is 0.347 e. The van der Waals surface area contributed by atoms with Gasteiger partial charge in [0.2, 0.25) is 0 Å². The maximum atomic E-state index is 13.3. The summed E-state index contributed by atoms with van der Waals surface area (Å²) in [5.74, 6) is -2.10. The maximum absolute atomic E-state index is 13.3.